The number of aromatic nitrogens is 2. The summed E-state index contributed by atoms with van der Waals surface area (Å²) < 4.78 is 0. The Hall–Kier alpha value is -3.19. The minimum Gasteiger partial charge on any atom is -0.394 e. The number of rotatable bonds is 6. The van der Waals surface area contributed by atoms with E-state index in [2.05, 4.69) is 15.3 Å². The van der Waals surface area contributed by atoms with Crippen LogP contribution in [0.15, 0.2) is 54.9 Å². The molecule has 134 valence electrons. The van der Waals surface area contributed by atoms with Gasteiger partial charge in [0.15, 0.2) is 0 Å². The number of fused-ring (bicyclic) bond motifs is 1. The first-order valence-corrected chi connectivity index (χ1v) is 8.22. The highest BCUT2D eigenvalue weighted by Crippen LogP contribution is 2.12. The Morgan fingerprint density at radius 3 is 2.73 bits per heavy atom. The molecule has 0 saturated carbocycles. The molecule has 1 atom stereocenters. The Labute approximate surface area is 150 Å². The van der Waals surface area contributed by atoms with Crippen molar-refractivity contribution in [3.8, 4) is 0 Å². The molecule has 3 aromatic rings. The molecule has 7 nitrogen and oxygen atoms in total. The molecule has 2 amide bonds. The summed E-state index contributed by atoms with van der Waals surface area (Å²) >= 11 is 0. The predicted octanol–water partition coefficient (Wildman–Crippen LogP) is 1.31. The van der Waals surface area contributed by atoms with Crippen LogP contribution in [-0.2, 0) is 11.3 Å². The van der Waals surface area contributed by atoms with E-state index in [-0.39, 0.29) is 5.91 Å². The van der Waals surface area contributed by atoms with Crippen LogP contribution in [0.4, 0.5) is 0 Å². The molecule has 26 heavy (non-hydrogen) atoms. The Kier molecular flexibility index (Phi) is 5.28. The molecular formula is C19H20N4O3. The largest absolute Gasteiger partial charge is 0.394 e. The van der Waals surface area contributed by atoms with Crippen LogP contribution in [0.25, 0.3) is 11.0 Å². The van der Waals surface area contributed by atoms with E-state index >= 15 is 0 Å². The smallest absolute Gasteiger partial charge is 0.252 e. The summed E-state index contributed by atoms with van der Waals surface area (Å²) in [6.07, 6.45) is 1.55. The lowest BCUT2D eigenvalue weighted by Gasteiger charge is -2.23. The van der Waals surface area contributed by atoms with Crippen molar-refractivity contribution in [3.63, 3.8) is 0 Å². The molecule has 2 aromatic carbocycles. The summed E-state index contributed by atoms with van der Waals surface area (Å²) in [6, 6.07) is 13.5. The molecule has 3 rings (SSSR count). The number of carbonyl (C=O) groups is 2. The number of nitrogens with zero attached hydrogens (tertiary/aromatic N) is 2. The zero-order valence-electron chi connectivity index (χ0n) is 14.3. The molecule has 0 aliphatic heterocycles. The van der Waals surface area contributed by atoms with Gasteiger partial charge in [-0.05, 0) is 23.8 Å². The zero-order chi connectivity index (χ0) is 18.5. The van der Waals surface area contributed by atoms with E-state index in [1.54, 1.807) is 31.6 Å². The van der Waals surface area contributed by atoms with Gasteiger partial charge in [0.05, 0.1) is 24.0 Å². The third kappa shape index (κ3) is 3.89. The number of carbonyl (C=O) groups excluding carboxylic acids is 2. The van der Waals surface area contributed by atoms with Crippen molar-refractivity contribution in [3.05, 3.63) is 66.0 Å². The second-order valence-electron chi connectivity index (χ2n) is 6.02. The van der Waals surface area contributed by atoms with Crippen molar-refractivity contribution in [1.82, 2.24) is 20.2 Å². The number of likely N-dealkylation sites (N-methyl/N-ethyl adjacent to an activating group) is 1. The van der Waals surface area contributed by atoms with E-state index in [1.165, 1.54) is 4.90 Å². The van der Waals surface area contributed by atoms with Gasteiger partial charge in [-0.25, -0.2) is 4.98 Å². The number of amides is 2. The van der Waals surface area contributed by atoms with Gasteiger partial charge in [-0.3, -0.25) is 9.59 Å². The quantitative estimate of drug-likeness (QED) is 0.623. The van der Waals surface area contributed by atoms with Gasteiger partial charge in [-0.15, -0.1) is 0 Å². The molecule has 0 bridgehead atoms. The van der Waals surface area contributed by atoms with Gasteiger partial charge in [0.2, 0.25) is 5.91 Å². The van der Waals surface area contributed by atoms with Gasteiger partial charge in [0.1, 0.15) is 6.04 Å². The maximum absolute atomic E-state index is 12.6. The standard InChI is InChI=1S/C19H20N4O3/c1-23(10-13-5-3-2-4-6-13)19(26)17(11-24)22-18(25)14-7-8-15-16(9-14)21-12-20-15/h2-9,12,17,24H,10-11H2,1H3,(H,20,21)(H,22,25). The molecule has 3 N–H and O–H groups in total. The number of aliphatic hydroxyl groups is 1. The highest BCUT2D eigenvalue weighted by molar-refractivity contribution is 5.99. The normalized spacial score (nSPS) is 11.9. The van der Waals surface area contributed by atoms with Gasteiger partial charge in [0.25, 0.3) is 5.91 Å². The SMILES string of the molecule is CN(Cc1ccccc1)C(=O)C(CO)NC(=O)c1ccc2nc[nH]c2c1. The third-order valence-electron chi connectivity index (χ3n) is 4.11. The van der Waals surface area contributed by atoms with E-state index in [0.29, 0.717) is 12.1 Å². The molecular weight excluding hydrogens is 332 g/mol. The van der Waals surface area contributed by atoms with Crippen molar-refractivity contribution in [1.29, 1.82) is 0 Å². The summed E-state index contributed by atoms with van der Waals surface area (Å²) in [4.78, 5) is 33.5. The Morgan fingerprint density at radius 2 is 2.00 bits per heavy atom. The summed E-state index contributed by atoms with van der Waals surface area (Å²) in [6.45, 7) is -0.0812. The minimum absolute atomic E-state index is 0.354. The molecule has 1 heterocycles. The Balaban J connectivity index is 1.67. The number of imidazole rings is 1. The van der Waals surface area contributed by atoms with Crippen LogP contribution < -0.4 is 5.32 Å². The second-order valence-corrected chi connectivity index (χ2v) is 6.02. The first-order chi connectivity index (χ1) is 12.6. The second kappa shape index (κ2) is 7.79. The van der Waals surface area contributed by atoms with Crippen LogP contribution in [0.5, 0.6) is 0 Å². The lowest BCUT2D eigenvalue weighted by molar-refractivity contribution is -0.133. The van der Waals surface area contributed by atoms with Gasteiger partial charge in [-0.1, -0.05) is 30.3 Å². The molecule has 7 heteroatoms. The minimum atomic E-state index is -1.01. The molecule has 1 unspecified atom stereocenters. The van der Waals surface area contributed by atoms with Crippen molar-refractivity contribution in [2.45, 2.75) is 12.6 Å². The van der Waals surface area contributed by atoms with Crippen LogP contribution in [-0.4, -0.2) is 51.5 Å². The lowest BCUT2D eigenvalue weighted by atomic mass is 10.1. The number of benzene rings is 2. The lowest BCUT2D eigenvalue weighted by Crippen LogP contribution is -2.49. The molecule has 0 radical (unpaired) electrons. The van der Waals surface area contributed by atoms with Crippen LogP contribution in [0.1, 0.15) is 15.9 Å². The van der Waals surface area contributed by atoms with Crippen molar-refractivity contribution in [2.24, 2.45) is 0 Å². The average Bonchev–Trinajstić information content (AvgIpc) is 3.14. The van der Waals surface area contributed by atoms with Crippen LogP contribution in [0, 0.1) is 0 Å². The van der Waals surface area contributed by atoms with Gasteiger partial charge < -0.3 is 20.3 Å². The first-order valence-electron chi connectivity index (χ1n) is 8.22. The number of H-pyrrole nitrogens is 1. The Morgan fingerprint density at radius 1 is 1.23 bits per heavy atom. The van der Waals surface area contributed by atoms with Crippen LogP contribution in [0.3, 0.4) is 0 Å². The van der Waals surface area contributed by atoms with E-state index in [1.807, 2.05) is 30.3 Å². The topological polar surface area (TPSA) is 98.3 Å². The monoisotopic (exact) mass is 352 g/mol. The maximum atomic E-state index is 12.6. The number of hydrogen-bond donors (Lipinski definition) is 3. The number of hydrogen-bond acceptors (Lipinski definition) is 4. The summed E-state index contributed by atoms with van der Waals surface area (Å²) in [5, 5.41) is 12.2. The van der Waals surface area contributed by atoms with E-state index in [4.69, 9.17) is 0 Å². The van der Waals surface area contributed by atoms with Crippen molar-refractivity contribution >= 4 is 22.8 Å². The van der Waals surface area contributed by atoms with Gasteiger partial charge >= 0.3 is 0 Å². The summed E-state index contributed by atoms with van der Waals surface area (Å²) in [7, 11) is 1.64. The highest BCUT2D eigenvalue weighted by Gasteiger charge is 2.24. The fourth-order valence-electron chi connectivity index (χ4n) is 2.71. The summed E-state index contributed by atoms with van der Waals surface area (Å²) in [5.74, 6) is -0.783. The molecule has 0 aliphatic carbocycles. The van der Waals surface area contributed by atoms with Crippen molar-refractivity contribution < 1.29 is 14.7 Å². The third-order valence-corrected chi connectivity index (χ3v) is 4.11. The number of nitrogens with one attached hydrogen (secondary N) is 2. The fraction of sp³-hybridized carbons (Fsp3) is 0.211. The fourth-order valence-corrected chi connectivity index (χ4v) is 2.71. The highest BCUT2D eigenvalue weighted by atomic mass is 16.3. The van der Waals surface area contributed by atoms with Crippen molar-refractivity contribution in [2.75, 3.05) is 13.7 Å². The molecule has 0 spiro atoms. The Bertz CT molecular complexity index is 907. The van der Waals surface area contributed by atoms with Gasteiger partial charge in [0, 0.05) is 19.2 Å². The van der Waals surface area contributed by atoms with E-state index in [0.717, 1.165) is 16.6 Å². The molecule has 1 aromatic heterocycles. The van der Waals surface area contributed by atoms with Crippen LogP contribution >= 0.6 is 0 Å². The zero-order valence-corrected chi connectivity index (χ0v) is 14.3. The van der Waals surface area contributed by atoms with Gasteiger partial charge in [-0.2, -0.15) is 0 Å². The van der Waals surface area contributed by atoms with E-state index < -0.39 is 18.6 Å². The average molecular weight is 352 g/mol. The maximum Gasteiger partial charge on any atom is 0.252 e. The van der Waals surface area contributed by atoms with Crippen LogP contribution in [0.2, 0.25) is 0 Å². The number of aromatic amines is 1. The predicted molar refractivity (Wildman–Crippen MR) is 97.3 cm³/mol. The van der Waals surface area contributed by atoms with E-state index in [9.17, 15) is 14.7 Å². The molecule has 0 saturated heterocycles. The molecule has 0 aliphatic rings. The first kappa shape index (κ1) is 17.6. The molecule has 0 fully saturated rings. The number of aliphatic hydroxyl groups excluding tert-OH is 1. The summed E-state index contributed by atoms with van der Waals surface area (Å²) in [5.41, 5.74) is 2.83.